The van der Waals surface area contributed by atoms with Crippen molar-refractivity contribution in [1.82, 2.24) is 0 Å². The van der Waals surface area contributed by atoms with E-state index in [1.807, 2.05) is 36.4 Å². The normalized spacial score (nSPS) is 10.9. The topological polar surface area (TPSA) is 62.1 Å². The zero-order chi connectivity index (χ0) is 21.5. The Morgan fingerprint density at radius 3 is 2.53 bits per heavy atom. The van der Waals surface area contributed by atoms with Gasteiger partial charge in [-0.1, -0.05) is 65.7 Å². The third kappa shape index (κ3) is 5.42. The molecule has 0 unspecified atom stereocenters. The van der Waals surface area contributed by atoms with E-state index in [9.17, 15) is 10.1 Å². The predicted molar refractivity (Wildman–Crippen MR) is 121 cm³/mol. The van der Waals surface area contributed by atoms with Crippen LogP contribution in [0.2, 0.25) is 10.0 Å². The molecule has 0 aliphatic heterocycles. The fraction of sp³-hybridized carbons (Fsp3) is 0.0833. The van der Waals surface area contributed by atoms with Crippen molar-refractivity contribution in [1.29, 1.82) is 5.26 Å². The van der Waals surface area contributed by atoms with E-state index in [0.29, 0.717) is 33.7 Å². The Morgan fingerprint density at radius 2 is 1.83 bits per heavy atom. The van der Waals surface area contributed by atoms with E-state index in [-0.39, 0.29) is 5.57 Å². The van der Waals surface area contributed by atoms with E-state index in [0.717, 1.165) is 11.1 Å². The molecule has 0 aromatic heterocycles. The first-order valence-corrected chi connectivity index (χ1v) is 9.88. The van der Waals surface area contributed by atoms with E-state index >= 15 is 0 Å². The molecule has 0 radical (unpaired) electrons. The Morgan fingerprint density at radius 1 is 1.07 bits per heavy atom. The van der Waals surface area contributed by atoms with Crippen molar-refractivity contribution in [3.8, 4) is 11.8 Å². The molecule has 3 rings (SSSR count). The Hall–Kier alpha value is -3.26. The van der Waals surface area contributed by atoms with Gasteiger partial charge < -0.3 is 10.1 Å². The van der Waals surface area contributed by atoms with Crippen molar-refractivity contribution in [3.05, 3.63) is 99.0 Å². The summed E-state index contributed by atoms with van der Waals surface area (Å²) in [4.78, 5) is 12.5. The fourth-order valence-corrected chi connectivity index (χ4v) is 3.13. The van der Waals surface area contributed by atoms with E-state index in [1.54, 1.807) is 43.3 Å². The predicted octanol–water partition coefficient (Wildman–Crippen LogP) is 6.43. The lowest BCUT2D eigenvalue weighted by Gasteiger charge is -2.10. The van der Waals surface area contributed by atoms with Gasteiger partial charge in [0.25, 0.3) is 5.91 Å². The number of ether oxygens (including phenoxy) is 1. The highest BCUT2D eigenvalue weighted by molar-refractivity contribution is 6.32. The molecule has 1 N–H and O–H groups in total. The Balaban J connectivity index is 1.73. The highest BCUT2D eigenvalue weighted by atomic mass is 35.5. The minimum absolute atomic E-state index is 0.0524. The maximum atomic E-state index is 12.5. The van der Waals surface area contributed by atoms with Gasteiger partial charge in [0.05, 0.1) is 5.02 Å². The highest BCUT2D eigenvalue weighted by Crippen LogP contribution is 2.28. The summed E-state index contributed by atoms with van der Waals surface area (Å²) in [6.07, 6.45) is 1.47. The first-order chi connectivity index (χ1) is 14.5. The molecule has 0 fully saturated rings. The van der Waals surface area contributed by atoms with Crippen LogP contribution in [-0.2, 0) is 11.4 Å². The van der Waals surface area contributed by atoms with Gasteiger partial charge in [0.1, 0.15) is 24.0 Å². The molecule has 0 saturated heterocycles. The van der Waals surface area contributed by atoms with Crippen molar-refractivity contribution < 1.29 is 9.53 Å². The summed E-state index contributed by atoms with van der Waals surface area (Å²) in [7, 11) is 0. The zero-order valence-corrected chi connectivity index (χ0v) is 17.7. The standard InChI is InChI=1S/C24H18Cl2N2O2/c1-16-20(25)8-5-9-22(16)28-24(29)19(14-27)12-18-10-11-23(21(26)13-18)30-15-17-6-3-2-4-7-17/h2-13H,15H2,1H3,(H,28,29)/b19-12+. The second kappa shape index (κ2) is 9.98. The van der Waals surface area contributed by atoms with Gasteiger partial charge in [-0.05, 0) is 54.0 Å². The van der Waals surface area contributed by atoms with Crippen molar-refractivity contribution in [3.63, 3.8) is 0 Å². The molecular weight excluding hydrogens is 419 g/mol. The molecule has 3 aromatic rings. The third-order valence-corrected chi connectivity index (χ3v) is 5.09. The van der Waals surface area contributed by atoms with E-state index < -0.39 is 5.91 Å². The molecule has 6 heteroatoms. The van der Waals surface area contributed by atoms with Crippen LogP contribution in [-0.4, -0.2) is 5.91 Å². The largest absolute Gasteiger partial charge is 0.487 e. The maximum absolute atomic E-state index is 12.5. The zero-order valence-electron chi connectivity index (χ0n) is 16.2. The quantitative estimate of drug-likeness (QED) is 0.357. The van der Waals surface area contributed by atoms with Crippen LogP contribution in [0.4, 0.5) is 5.69 Å². The number of rotatable bonds is 6. The van der Waals surface area contributed by atoms with E-state index in [2.05, 4.69) is 5.32 Å². The molecule has 0 aliphatic rings. The summed E-state index contributed by atoms with van der Waals surface area (Å²) in [5, 5.41) is 13.1. The van der Waals surface area contributed by atoms with Crippen molar-refractivity contribution in [2.75, 3.05) is 5.32 Å². The lowest BCUT2D eigenvalue weighted by molar-refractivity contribution is -0.112. The number of nitrogens with zero attached hydrogens (tertiary/aromatic N) is 1. The molecule has 1 amide bonds. The van der Waals surface area contributed by atoms with Gasteiger partial charge in [0.15, 0.2) is 0 Å². The smallest absolute Gasteiger partial charge is 0.266 e. The SMILES string of the molecule is Cc1c(Cl)cccc1NC(=O)/C(C#N)=C/c1ccc(OCc2ccccc2)c(Cl)c1. The Labute approximate surface area is 185 Å². The number of carbonyl (C=O) groups is 1. The van der Waals surface area contributed by atoms with E-state index in [1.165, 1.54) is 6.08 Å². The summed E-state index contributed by atoms with van der Waals surface area (Å²) in [5.74, 6) is -0.00132. The van der Waals surface area contributed by atoms with Crippen LogP contribution >= 0.6 is 23.2 Å². The molecule has 4 nitrogen and oxygen atoms in total. The van der Waals surface area contributed by atoms with Gasteiger partial charge in [0, 0.05) is 10.7 Å². The van der Waals surface area contributed by atoms with Crippen LogP contribution in [0.15, 0.2) is 72.3 Å². The number of amides is 1. The average Bonchev–Trinajstić information content (AvgIpc) is 2.75. The van der Waals surface area contributed by atoms with Crippen LogP contribution in [0.3, 0.4) is 0 Å². The summed E-state index contributed by atoms with van der Waals surface area (Å²) in [6, 6.07) is 22.0. The van der Waals surface area contributed by atoms with Crippen molar-refractivity contribution in [2.45, 2.75) is 13.5 Å². The van der Waals surface area contributed by atoms with Crippen molar-refractivity contribution in [2.24, 2.45) is 0 Å². The number of hydrogen-bond acceptors (Lipinski definition) is 3. The Bertz CT molecular complexity index is 1140. The molecule has 150 valence electrons. The minimum Gasteiger partial charge on any atom is -0.487 e. The number of halogens is 2. The maximum Gasteiger partial charge on any atom is 0.266 e. The molecule has 0 saturated carbocycles. The fourth-order valence-electron chi connectivity index (χ4n) is 2.71. The summed E-state index contributed by atoms with van der Waals surface area (Å²) in [6.45, 7) is 2.18. The average molecular weight is 437 g/mol. The van der Waals surface area contributed by atoms with Gasteiger partial charge in [0.2, 0.25) is 0 Å². The lowest BCUT2D eigenvalue weighted by Crippen LogP contribution is -2.14. The summed E-state index contributed by atoms with van der Waals surface area (Å²) >= 11 is 12.4. The van der Waals surface area contributed by atoms with Crippen molar-refractivity contribution >= 4 is 40.9 Å². The number of anilines is 1. The van der Waals surface area contributed by atoms with Gasteiger partial charge in [-0.2, -0.15) is 5.26 Å². The number of benzene rings is 3. The summed E-state index contributed by atoms with van der Waals surface area (Å²) < 4.78 is 5.75. The first-order valence-electron chi connectivity index (χ1n) is 9.12. The van der Waals surface area contributed by atoms with Crippen LogP contribution in [0.1, 0.15) is 16.7 Å². The van der Waals surface area contributed by atoms with Gasteiger partial charge >= 0.3 is 0 Å². The van der Waals surface area contributed by atoms with Gasteiger partial charge in [-0.3, -0.25) is 4.79 Å². The van der Waals surface area contributed by atoms with Gasteiger partial charge in [-0.25, -0.2) is 0 Å². The first kappa shape index (κ1) is 21.4. The number of hydrogen-bond donors (Lipinski definition) is 1. The van der Waals surface area contributed by atoms with Crippen LogP contribution < -0.4 is 10.1 Å². The molecule has 0 atom stereocenters. The molecular formula is C24H18Cl2N2O2. The monoisotopic (exact) mass is 436 g/mol. The lowest BCUT2D eigenvalue weighted by atomic mass is 10.1. The molecule has 0 heterocycles. The highest BCUT2D eigenvalue weighted by Gasteiger charge is 2.12. The Kier molecular flexibility index (Phi) is 7.13. The minimum atomic E-state index is -0.525. The van der Waals surface area contributed by atoms with Crippen LogP contribution in [0.25, 0.3) is 6.08 Å². The second-order valence-electron chi connectivity index (χ2n) is 6.50. The molecule has 0 bridgehead atoms. The molecule has 0 aliphatic carbocycles. The van der Waals surface area contributed by atoms with E-state index in [4.69, 9.17) is 27.9 Å². The summed E-state index contributed by atoms with van der Waals surface area (Å²) in [5.41, 5.74) is 2.87. The van der Waals surface area contributed by atoms with Crippen LogP contribution in [0, 0.1) is 18.3 Å². The number of carbonyl (C=O) groups excluding carboxylic acids is 1. The number of nitriles is 1. The number of nitrogens with one attached hydrogen (secondary N) is 1. The third-order valence-electron chi connectivity index (χ3n) is 4.39. The molecule has 3 aromatic carbocycles. The van der Waals surface area contributed by atoms with Crippen LogP contribution in [0.5, 0.6) is 5.75 Å². The van der Waals surface area contributed by atoms with Gasteiger partial charge in [-0.15, -0.1) is 0 Å². The second-order valence-corrected chi connectivity index (χ2v) is 7.31. The molecule has 0 spiro atoms. The molecule has 30 heavy (non-hydrogen) atoms.